The van der Waals surface area contributed by atoms with Gasteiger partial charge in [-0.2, -0.15) is 0 Å². The average Bonchev–Trinajstić information content (AvgIpc) is 2.42. The van der Waals surface area contributed by atoms with Crippen molar-refractivity contribution in [1.29, 1.82) is 0 Å². The molecule has 2 nitrogen and oxygen atoms in total. The summed E-state index contributed by atoms with van der Waals surface area (Å²) in [5.41, 5.74) is -0.133. The van der Waals surface area contributed by atoms with E-state index in [2.05, 4.69) is 36.4 Å². The van der Waals surface area contributed by atoms with Crippen molar-refractivity contribution in [2.75, 3.05) is 0 Å². The highest BCUT2D eigenvalue weighted by Gasteiger charge is 2.59. The Morgan fingerprint density at radius 2 is 1.65 bits per heavy atom. The van der Waals surface area contributed by atoms with Crippen LogP contribution in [0, 0.1) is 23.7 Å². The van der Waals surface area contributed by atoms with Gasteiger partial charge in [0.05, 0.1) is 0 Å². The van der Waals surface area contributed by atoms with Crippen molar-refractivity contribution >= 4 is 28.6 Å². The second-order valence-corrected chi connectivity index (χ2v) is 9.93. The van der Waals surface area contributed by atoms with E-state index in [0.717, 1.165) is 24.7 Å². The molecule has 0 aromatic carbocycles. The fourth-order valence-electron chi connectivity index (χ4n) is 5.22. The Balaban J connectivity index is 1.83. The lowest BCUT2D eigenvalue weighted by atomic mass is 9.49. The normalized spacial score (nSPS) is 45.2. The van der Waals surface area contributed by atoms with Gasteiger partial charge in [0.15, 0.2) is 0 Å². The zero-order valence-corrected chi connectivity index (χ0v) is 15.1. The highest BCUT2D eigenvalue weighted by Crippen LogP contribution is 2.60. The zero-order chi connectivity index (χ0) is 14.5. The van der Waals surface area contributed by atoms with E-state index in [1.54, 1.807) is 0 Å². The maximum absolute atomic E-state index is 12.6. The standard InChI is InChI=1S/C17H27IO2/c1-4-16(3,18)15(19)20-17(5-2)13-7-11-6-12(9-13)10-14(17)8-11/h11-14H,4-10H2,1-3H3. The summed E-state index contributed by atoms with van der Waals surface area (Å²) in [6.45, 7) is 6.31. The second kappa shape index (κ2) is 5.13. The summed E-state index contributed by atoms with van der Waals surface area (Å²) in [5, 5.41) is 0. The van der Waals surface area contributed by atoms with E-state index in [1.165, 1.54) is 32.1 Å². The molecule has 4 aliphatic rings. The van der Waals surface area contributed by atoms with Crippen LogP contribution in [0.1, 0.15) is 65.7 Å². The molecule has 4 aliphatic carbocycles. The van der Waals surface area contributed by atoms with Gasteiger partial charge in [-0.15, -0.1) is 0 Å². The van der Waals surface area contributed by atoms with Gasteiger partial charge in [-0.1, -0.05) is 36.4 Å². The molecule has 0 amide bonds. The van der Waals surface area contributed by atoms with Gasteiger partial charge in [0.25, 0.3) is 0 Å². The molecule has 3 heteroatoms. The molecule has 4 bridgehead atoms. The number of esters is 1. The molecular formula is C17H27IO2. The molecule has 4 fully saturated rings. The summed E-state index contributed by atoms with van der Waals surface area (Å²) in [7, 11) is 0. The minimum absolute atomic E-state index is 0.0231. The van der Waals surface area contributed by atoms with Crippen LogP contribution in [-0.4, -0.2) is 15.0 Å². The van der Waals surface area contributed by atoms with E-state index in [1.807, 2.05) is 6.92 Å². The van der Waals surface area contributed by atoms with Crippen LogP contribution in [0.3, 0.4) is 0 Å². The Kier molecular flexibility index (Phi) is 3.88. The van der Waals surface area contributed by atoms with Crippen LogP contribution in [0.4, 0.5) is 0 Å². The van der Waals surface area contributed by atoms with Gasteiger partial charge >= 0.3 is 5.97 Å². The molecule has 4 saturated carbocycles. The van der Waals surface area contributed by atoms with Gasteiger partial charge in [-0.3, -0.25) is 4.79 Å². The third-order valence-corrected chi connectivity index (χ3v) is 7.65. The van der Waals surface area contributed by atoms with E-state index in [-0.39, 0.29) is 15.0 Å². The number of rotatable bonds is 4. The van der Waals surface area contributed by atoms with E-state index in [0.29, 0.717) is 11.8 Å². The monoisotopic (exact) mass is 390 g/mol. The van der Waals surface area contributed by atoms with Gasteiger partial charge in [-0.05, 0) is 75.5 Å². The SMILES string of the molecule is CCC(C)(I)C(=O)OC1(CC)C2CC3CC(C2)CC1C3. The van der Waals surface area contributed by atoms with Crippen LogP contribution in [0.15, 0.2) is 0 Å². The minimum Gasteiger partial charge on any atom is -0.458 e. The first kappa shape index (κ1) is 15.1. The Labute approximate surface area is 136 Å². The highest BCUT2D eigenvalue weighted by molar-refractivity contribution is 14.1. The molecule has 4 rings (SSSR count). The third-order valence-electron chi connectivity index (χ3n) is 6.45. The molecule has 114 valence electrons. The molecule has 0 aliphatic heterocycles. The van der Waals surface area contributed by atoms with Gasteiger partial charge in [-0.25, -0.2) is 0 Å². The van der Waals surface area contributed by atoms with Crippen molar-refractivity contribution in [2.24, 2.45) is 23.7 Å². The fraction of sp³-hybridized carbons (Fsp3) is 0.941. The molecule has 0 saturated heterocycles. The first-order valence-corrected chi connectivity index (χ1v) is 9.41. The van der Waals surface area contributed by atoms with Crippen LogP contribution < -0.4 is 0 Å². The number of carbonyl (C=O) groups is 1. The van der Waals surface area contributed by atoms with Gasteiger partial charge in [0.1, 0.15) is 9.02 Å². The molecule has 1 atom stereocenters. The molecule has 0 heterocycles. The lowest BCUT2D eigenvalue weighted by Crippen LogP contribution is -2.60. The van der Waals surface area contributed by atoms with Crippen LogP contribution >= 0.6 is 22.6 Å². The van der Waals surface area contributed by atoms with Crippen LogP contribution in [0.5, 0.6) is 0 Å². The van der Waals surface area contributed by atoms with E-state index in [9.17, 15) is 4.79 Å². The number of alkyl halides is 1. The lowest BCUT2D eigenvalue weighted by molar-refractivity contribution is -0.212. The van der Waals surface area contributed by atoms with Crippen molar-refractivity contribution in [2.45, 2.75) is 74.7 Å². The topological polar surface area (TPSA) is 26.3 Å². The number of ether oxygens (including phenoxy) is 1. The summed E-state index contributed by atoms with van der Waals surface area (Å²) < 4.78 is 5.91. The number of hydrogen-bond acceptors (Lipinski definition) is 2. The van der Waals surface area contributed by atoms with E-state index >= 15 is 0 Å². The van der Waals surface area contributed by atoms with Crippen LogP contribution in [-0.2, 0) is 9.53 Å². The van der Waals surface area contributed by atoms with Crippen molar-refractivity contribution < 1.29 is 9.53 Å². The van der Waals surface area contributed by atoms with Gasteiger partial charge < -0.3 is 4.74 Å². The predicted molar refractivity (Wildman–Crippen MR) is 88.9 cm³/mol. The first-order chi connectivity index (χ1) is 9.41. The molecule has 0 N–H and O–H groups in total. The first-order valence-electron chi connectivity index (χ1n) is 8.33. The summed E-state index contributed by atoms with van der Waals surface area (Å²) in [5.74, 6) is 3.14. The summed E-state index contributed by atoms with van der Waals surface area (Å²) >= 11 is 2.27. The van der Waals surface area contributed by atoms with Crippen LogP contribution in [0.2, 0.25) is 0 Å². The van der Waals surface area contributed by atoms with Crippen LogP contribution in [0.25, 0.3) is 0 Å². The quantitative estimate of drug-likeness (QED) is 0.394. The Bertz CT molecular complexity index is 374. The smallest absolute Gasteiger partial charge is 0.322 e. The van der Waals surface area contributed by atoms with Gasteiger partial charge in [0.2, 0.25) is 0 Å². The Morgan fingerprint density at radius 1 is 1.15 bits per heavy atom. The summed E-state index contributed by atoms with van der Waals surface area (Å²) in [4.78, 5) is 12.6. The minimum atomic E-state index is -0.366. The summed E-state index contributed by atoms with van der Waals surface area (Å²) in [6.07, 6.45) is 8.50. The Morgan fingerprint density at radius 3 is 2.05 bits per heavy atom. The number of hydrogen-bond donors (Lipinski definition) is 0. The molecule has 0 radical (unpaired) electrons. The lowest BCUT2D eigenvalue weighted by Gasteiger charge is -2.60. The van der Waals surface area contributed by atoms with E-state index < -0.39 is 0 Å². The summed E-state index contributed by atoms with van der Waals surface area (Å²) in [6, 6.07) is 0. The fourth-order valence-corrected chi connectivity index (χ4v) is 5.33. The molecule has 0 spiro atoms. The maximum Gasteiger partial charge on any atom is 0.322 e. The third kappa shape index (κ3) is 2.22. The molecule has 0 aromatic heterocycles. The predicted octanol–water partition coefficient (Wildman–Crippen LogP) is 4.74. The number of halogens is 1. The van der Waals surface area contributed by atoms with Gasteiger partial charge in [0, 0.05) is 0 Å². The largest absolute Gasteiger partial charge is 0.458 e. The van der Waals surface area contributed by atoms with Crippen molar-refractivity contribution in [1.82, 2.24) is 0 Å². The highest BCUT2D eigenvalue weighted by atomic mass is 127. The van der Waals surface area contributed by atoms with Crippen molar-refractivity contribution in [3.63, 3.8) is 0 Å². The molecule has 1 unspecified atom stereocenters. The van der Waals surface area contributed by atoms with Crippen molar-refractivity contribution in [3.05, 3.63) is 0 Å². The molecular weight excluding hydrogens is 363 g/mol. The van der Waals surface area contributed by atoms with Crippen molar-refractivity contribution in [3.8, 4) is 0 Å². The molecule has 20 heavy (non-hydrogen) atoms. The second-order valence-electron chi connectivity index (χ2n) is 7.55. The van der Waals surface area contributed by atoms with E-state index in [4.69, 9.17) is 4.74 Å². The zero-order valence-electron chi connectivity index (χ0n) is 13.0. The number of carbonyl (C=O) groups excluding carboxylic acids is 1. The Hall–Kier alpha value is 0.200. The maximum atomic E-state index is 12.6. The average molecular weight is 390 g/mol. The molecule has 0 aromatic rings.